The topological polar surface area (TPSA) is 62.2 Å². The molecule has 0 unspecified atom stereocenters. The number of para-hydroxylation sites is 1. The summed E-state index contributed by atoms with van der Waals surface area (Å²) in [5.41, 5.74) is 2.93. The number of hydrogen-bond acceptors (Lipinski definition) is 4. The Bertz CT molecular complexity index is 915. The molecule has 4 rings (SSSR count). The molecule has 3 aromatic rings. The van der Waals surface area contributed by atoms with Crippen LogP contribution in [0.2, 0.25) is 0 Å². The maximum Gasteiger partial charge on any atom is 0.262 e. The van der Waals surface area contributed by atoms with Gasteiger partial charge in [-0.15, -0.1) is 11.3 Å². The van der Waals surface area contributed by atoms with Gasteiger partial charge in [0.25, 0.3) is 5.91 Å². The maximum atomic E-state index is 12.7. The van der Waals surface area contributed by atoms with Gasteiger partial charge in [0.2, 0.25) is 0 Å². The Balaban J connectivity index is 1.65. The maximum absolute atomic E-state index is 12.7. The van der Waals surface area contributed by atoms with Crippen LogP contribution in [0.3, 0.4) is 0 Å². The van der Waals surface area contributed by atoms with Gasteiger partial charge in [-0.1, -0.05) is 18.2 Å². The third-order valence-electron chi connectivity index (χ3n) is 4.95. The largest absolute Gasteiger partial charge is 0.393 e. The smallest absolute Gasteiger partial charge is 0.262 e. The van der Waals surface area contributed by atoms with Crippen molar-refractivity contribution < 1.29 is 9.90 Å². The molecule has 1 atom stereocenters. The molecule has 0 saturated heterocycles. The van der Waals surface area contributed by atoms with Crippen molar-refractivity contribution in [2.45, 2.75) is 31.9 Å². The number of nitrogens with one attached hydrogen (secondary N) is 1. The number of aryl methyl sites for hydroxylation is 1. The highest BCUT2D eigenvalue weighted by Gasteiger charge is 2.36. The van der Waals surface area contributed by atoms with Crippen LogP contribution in [-0.2, 0) is 0 Å². The average molecular weight is 352 g/mol. The number of pyridine rings is 1. The molecule has 5 heteroatoms. The van der Waals surface area contributed by atoms with Crippen molar-refractivity contribution in [2.75, 3.05) is 0 Å². The Kier molecular flexibility index (Phi) is 4.27. The Labute approximate surface area is 150 Å². The van der Waals surface area contributed by atoms with Gasteiger partial charge in [0.05, 0.1) is 22.5 Å². The van der Waals surface area contributed by atoms with E-state index in [1.807, 2.05) is 48.8 Å². The first kappa shape index (κ1) is 16.2. The van der Waals surface area contributed by atoms with Gasteiger partial charge in [0.15, 0.2) is 0 Å². The van der Waals surface area contributed by atoms with Crippen LogP contribution in [0.15, 0.2) is 48.0 Å². The summed E-state index contributed by atoms with van der Waals surface area (Å²) in [6, 6.07) is 11.9. The minimum absolute atomic E-state index is 0.0490. The number of amides is 1. The molecule has 128 valence electrons. The minimum Gasteiger partial charge on any atom is -0.393 e. The molecule has 1 aliphatic rings. The minimum atomic E-state index is -0.263. The zero-order chi connectivity index (χ0) is 17.4. The fourth-order valence-corrected chi connectivity index (χ4v) is 4.27. The number of hydrogen-bond donors (Lipinski definition) is 2. The van der Waals surface area contributed by atoms with Gasteiger partial charge in [-0.05, 0) is 60.4 Å². The number of benzene rings is 1. The van der Waals surface area contributed by atoms with E-state index < -0.39 is 0 Å². The summed E-state index contributed by atoms with van der Waals surface area (Å²) in [5, 5.41) is 15.9. The van der Waals surface area contributed by atoms with Crippen LogP contribution in [0, 0.1) is 12.8 Å². The van der Waals surface area contributed by atoms with Gasteiger partial charge >= 0.3 is 0 Å². The Morgan fingerprint density at radius 2 is 2.12 bits per heavy atom. The quantitative estimate of drug-likeness (QED) is 0.750. The van der Waals surface area contributed by atoms with E-state index in [0.717, 1.165) is 26.9 Å². The molecule has 4 nitrogen and oxygen atoms in total. The van der Waals surface area contributed by atoms with Gasteiger partial charge in [-0.25, -0.2) is 0 Å². The summed E-state index contributed by atoms with van der Waals surface area (Å²) in [6.07, 6.45) is 3.00. The number of carbonyl (C=O) groups excluding carboxylic acids is 1. The molecule has 2 heterocycles. The third-order valence-corrected chi connectivity index (χ3v) is 5.96. The van der Waals surface area contributed by atoms with Crippen molar-refractivity contribution in [1.82, 2.24) is 10.3 Å². The molecule has 0 aliphatic heterocycles. The van der Waals surface area contributed by atoms with E-state index in [9.17, 15) is 9.90 Å². The van der Waals surface area contributed by atoms with Crippen LogP contribution < -0.4 is 5.32 Å². The Hall–Kier alpha value is -2.24. The zero-order valence-electron chi connectivity index (χ0n) is 14.0. The van der Waals surface area contributed by atoms with E-state index in [0.29, 0.717) is 12.8 Å². The highest BCUT2D eigenvalue weighted by molar-refractivity contribution is 7.12. The standard InChI is InChI=1S/C20H20N2O2S/c1-12-6-7-25-19(12)20(24)22-18(14-9-16(23)10-14)15-8-13-4-2-3-5-17(13)21-11-15/h2-8,11,14,16,18,23H,9-10H2,1H3,(H,22,24)/t14?,16?,18-/m1/s1. The van der Waals surface area contributed by atoms with Crippen molar-refractivity contribution in [3.63, 3.8) is 0 Å². The fraction of sp³-hybridized carbons (Fsp3) is 0.300. The van der Waals surface area contributed by atoms with Crippen molar-refractivity contribution in [3.8, 4) is 0 Å². The third kappa shape index (κ3) is 3.17. The summed E-state index contributed by atoms with van der Waals surface area (Å²) in [7, 11) is 0. The second-order valence-corrected chi connectivity index (χ2v) is 7.65. The summed E-state index contributed by atoms with van der Waals surface area (Å²) >= 11 is 1.46. The normalized spacial score (nSPS) is 20.9. The lowest BCUT2D eigenvalue weighted by molar-refractivity contribution is 0.0235. The van der Waals surface area contributed by atoms with E-state index in [1.54, 1.807) is 0 Å². The molecule has 2 N–H and O–H groups in total. The van der Waals surface area contributed by atoms with Crippen LogP contribution in [0.4, 0.5) is 0 Å². The number of carbonyl (C=O) groups is 1. The van der Waals surface area contributed by atoms with Crippen LogP contribution in [0.25, 0.3) is 10.9 Å². The second-order valence-electron chi connectivity index (χ2n) is 6.73. The van der Waals surface area contributed by atoms with Gasteiger partial charge < -0.3 is 10.4 Å². The number of nitrogens with zero attached hydrogens (tertiary/aromatic N) is 1. The first-order chi connectivity index (χ1) is 12.1. The van der Waals surface area contributed by atoms with Gasteiger partial charge in [-0.3, -0.25) is 9.78 Å². The van der Waals surface area contributed by atoms with Crippen molar-refractivity contribution >= 4 is 28.1 Å². The molecule has 0 radical (unpaired) electrons. The molecule has 0 spiro atoms. The first-order valence-corrected chi connectivity index (χ1v) is 9.37. The lowest BCUT2D eigenvalue weighted by atomic mass is 9.75. The van der Waals surface area contributed by atoms with Crippen molar-refractivity contribution in [1.29, 1.82) is 0 Å². The first-order valence-electron chi connectivity index (χ1n) is 8.49. The molecule has 1 fully saturated rings. The van der Waals surface area contributed by atoms with Crippen LogP contribution in [-0.4, -0.2) is 22.1 Å². The molecule has 1 aromatic carbocycles. The summed E-state index contributed by atoms with van der Waals surface area (Å²) in [6.45, 7) is 1.95. The van der Waals surface area contributed by atoms with E-state index in [2.05, 4.69) is 16.4 Å². The van der Waals surface area contributed by atoms with E-state index >= 15 is 0 Å². The van der Waals surface area contributed by atoms with Crippen LogP contribution in [0.5, 0.6) is 0 Å². The van der Waals surface area contributed by atoms with E-state index in [1.165, 1.54) is 11.3 Å². The number of thiophene rings is 1. The highest BCUT2D eigenvalue weighted by Crippen LogP contribution is 2.38. The molecule has 1 amide bonds. The molecule has 1 saturated carbocycles. The predicted octanol–water partition coefficient (Wildman–Crippen LogP) is 3.85. The number of aliphatic hydroxyl groups is 1. The average Bonchev–Trinajstić information content (AvgIpc) is 3.03. The van der Waals surface area contributed by atoms with Gasteiger partial charge in [-0.2, -0.15) is 0 Å². The Morgan fingerprint density at radius 1 is 1.32 bits per heavy atom. The van der Waals surface area contributed by atoms with Crippen LogP contribution in [0.1, 0.15) is 39.7 Å². The molecule has 1 aliphatic carbocycles. The van der Waals surface area contributed by atoms with Crippen molar-refractivity contribution in [2.24, 2.45) is 5.92 Å². The van der Waals surface area contributed by atoms with Gasteiger partial charge in [0, 0.05) is 11.6 Å². The molecular formula is C20H20N2O2S. The number of aromatic nitrogens is 1. The monoisotopic (exact) mass is 352 g/mol. The summed E-state index contributed by atoms with van der Waals surface area (Å²) < 4.78 is 0. The molecule has 25 heavy (non-hydrogen) atoms. The highest BCUT2D eigenvalue weighted by atomic mass is 32.1. The summed E-state index contributed by atoms with van der Waals surface area (Å²) in [5.74, 6) is 0.189. The van der Waals surface area contributed by atoms with Crippen LogP contribution >= 0.6 is 11.3 Å². The van der Waals surface area contributed by atoms with Gasteiger partial charge in [0.1, 0.15) is 0 Å². The molecular weight excluding hydrogens is 332 g/mol. The lowest BCUT2D eigenvalue weighted by Crippen LogP contribution is -2.41. The second kappa shape index (κ2) is 6.58. The van der Waals surface area contributed by atoms with E-state index in [4.69, 9.17) is 0 Å². The fourth-order valence-electron chi connectivity index (χ4n) is 3.45. The number of rotatable bonds is 4. The molecule has 0 bridgehead atoms. The van der Waals surface area contributed by atoms with E-state index in [-0.39, 0.29) is 24.0 Å². The SMILES string of the molecule is Cc1ccsc1C(=O)N[C@@H](c1cnc2ccccc2c1)C1CC(O)C1. The summed E-state index contributed by atoms with van der Waals surface area (Å²) in [4.78, 5) is 18.0. The predicted molar refractivity (Wildman–Crippen MR) is 99.7 cm³/mol. The Morgan fingerprint density at radius 3 is 2.84 bits per heavy atom. The number of aliphatic hydroxyl groups excluding tert-OH is 1. The molecule has 2 aromatic heterocycles. The number of fused-ring (bicyclic) bond motifs is 1. The zero-order valence-corrected chi connectivity index (χ0v) is 14.8. The lowest BCUT2D eigenvalue weighted by Gasteiger charge is -2.38. The van der Waals surface area contributed by atoms with Crippen molar-refractivity contribution in [3.05, 3.63) is 64.0 Å².